The number of amides is 1. The molecule has 24 heavy (non-hydrogen) atoms. The fraction of sp³-hybridized carbons (Fsp3) is 0.150. The predicted molar refractivity (Wildman–Crippen MR) is 99.5 cm³/mol. The minimum atomic E-state index is -0.185. The van der Waals surface area contributed by atoms with Gasteiger partial charge in [0, 0.05) is 11.4 Å². The number of benzene rings is 2. The SMILES string of the molecule is CC(SCc1ccco1)C(=O)N(c1ccccc1)c1ccccc1. The van der Waals surface area contributed by atoms with Gasteiger partial charge in [-0.2, -0.15) is 0 Å². The van der Waals surface area contributed by atoms with Crippen molar-refractivity contribution in [3.8, 4) is 0 Å². The minimum Gasteiger partial charge on any atom is -0.468 e. The fourth-order valence-corrected chi connectivity index (χ4v) is 3.24. The van der Waals surface area contributed by atoms with Crippen LogP contribution in [0.2, 0.25) is 0 Å². The monoisotopic (exact) mass is 337 g/mol. The molecule has 0 spiro atoms. The van der Waals surface area contributed by atoms with Crippen LogP contribution in [0.15, 0.2) is 83.5 Å². The van der Waals surface area contributed by atoms with Crippen LogP contribution in [0.4, 0.5) is 11.4 Å². The molecule has 1 unspecified atom stereocenters. The van der Waals surface area contributed by atoms with E-state index in [1.807, 2.05) is 79.7 Å². The van der Waals surface area contributed by atoms with Crippen molar-refractivity contribution in [3.63, 3.8) is 0 Å². The zero-order valence-corrected chi connectivity index (χ0v) is 14.3. The Labute approximate surface area is 146 Å². The summed E-state index contributed by atoms with van der Waals surface area (Å²) in [6.07, 6.45) is 1.66. The molecule has 0 bridgehead atoms. The normalized spacial score (nSPS) is 11.9. The number of para-hydroxylation sites is 2. The number of thioether (sulfide) groups is 1. The van der Waals surface area contributed by atoms with Crippen LogP contribution in [-0.4, -0.2) is 11.2 Å². The van der Waals surface area contributed by atoms with Crippen LogP contribution in [0.5, 0.6) is 0 Å². The lowest BCUT2D eigenvalue weighted by Gasteiger charge is -2.25. The molecule has 2 aromatic carbocycles. The molecular formula is C20H19NO2S. The van der Waals surface area contributed by atoms with E-state index >= 15 is 0 Å². The molecule has 1 aromatic heterocycles. The highest BCUT2D eigenvalue weighted by Gasteiger charge is 2.24. The molecule has 0 aliphatic rings. The Morgan fingerprint density at radius 2 is 1.54 bits per heavy atom. The van der Waals surface area contributed by atoms with Crippen LogP contribution in [0, 0.1) is 0 Å². The predicted octanol–water partition coefficient (Wildman–Crippen LogP) is 5.27. The van der Waals surface area contributed by atoms with E-state index in [-0.39, 0.29) is 11.2 Å². The van der Waals surface area contributed by atoms with E-state index in [0.717, 1.165) is 17.1 Å². The zero-order chi connectivity index (χ0) is 16.8. The van der Waals surface area contributed by atoms with E-state index in [2.05, 4.69) is 0 Å². The third kappa shape index (κ3) is 3.89. The Hall–Kier alpha value is -2.46. The molecule has 0 N–H and O–H groups in total. The van der Waals surface area contributed by atoms with Gasteiger partial charge in [0.2, 0.25) is 5.91 Å². The highest BCUT2D eigenvalue weighted by molar-refractivity contribution is 7.99. The maximum Gasteiger partial charge on any atom is 0.244 e. The maximum atomic E-state index is 13.1. The number of furan rings is 1. The van der Waals surface area contributed by atoms with Crippen molar-refractivity contribution in [1.29, 1.82) is 0 Å². The van der Waals surface area contributed by atoms with Crippen LogP contribution < -0.4 is 4.90 Å². The molecule has 3 nitrogen and oxygen atoms in total. The Kier molecular flexibility index (Phi) is 5.39. The van der Waals surface area contributed by atoms with E-state index in [1.54, 1.807) is 22.9 Å². The van der Waals surface area contributed by atoms with Crippen molar-refractivity contribution >= 4 is 29.0 Å². The fourth-order valence-electron chi connectivity index (χ4n) is 2.41. The summed E-state index contributed by atoms with van der Waals surface area (Å²) >= 11 is 1.57. The molecule has 0 aliphatic carbocycles. The lowest BCUT2D eigenvalue weighted by molar-refractivity contribution is -0.117. The largest absolute Gasteiger partial charge is 0.468 e. The van der Waals surface area contributed by atoms with Gasteiger partial charge >= 0.3 is 0 Å². The van der Waals surface area contributed by atoms with Crippen LogP contribution in [0.1, 0.15) is 12.7 Å². The van der Waals surface area contributed by atoms with Gasteiger partial charge in [0.1, 0.15) is 5.76 Å². The van der Waals surface area contributed by atoms with Crippen molar-refractivity contribution < 1.29 is 9.21 Å². The first-order chi connectivity index (χ1) is 11.8. The highest BCUT2D eigenvalue weighted by Crippen LogP contribution is 2.29. The second kappa shape index (κ2) is 7.88. The summed E-state index contributed by atoms with van der Waals surface area (Å²) in [5.74, 6) is 1.62. The summed E-state index contributed by atoms with van der Waals surface area (Å²) in [4.78, 5) is 14.9. The quantitative estimate of drug-likeness (QED) is 0.614. The van der Waals surface area contributed by atoms with Gasteiger partial charge in [-0.05, 0) is 43.3 Å². The Morgan fingerprint density at radius 3 is 2.04 bits per heavy atom. The first-order valence-electron chi connectivity index (χ1n) is 7.84. The molecule has 1 atom stereocenters. The molecule has 1 amide bonds. The van der Waals surface area contributed by atoms with Gasteiger partial charge in [0.15, 0.2) is 0 Å². The van der Waals surface area contributed by atoms with Crippen LogP contribution >= 0.6 is 11.8 Å². The maximum absolute atomic E-state index is 13.1. The van der Waals surface area contributed by atoms with Crippen molar-refractivity contribution in [2.75, 3.05) is 4.90 Å². The van der Waals surface area contributed by atoms with Crippen molar-refractivity contribution in [1.82, 2.24) is 0 Å². The lowest BCUT2D eigenvalue weighted by atomic mass is 10.2. The summed E-state index contributed by atoms with van der Waals surface area (Å²) in [5, 5.41) is -0.185. The second-order valence-electron chi connectivity index (χ2n) is 5.38. The molecule has 3 aromatic rings. The van der Waals surface area contributed by atoms with E-state index in [1.165, 1.54) is 0 Å². The van der Waals surface area contributed by atoms with Crippen molar-refractivity contribution in [3.05, 3.63) is 84.8 Å². The average Bonchev–Trinajstić information content (AvgIpc) is 3.15. The topological polar surface area (TPSA) is 33.5 Å². The Balaban J connectivity index is 1.81. The summed E-state index contributed by atoms with van der Waals surface area (Å²) < 4.78 is 5.35. The molecule has 0 saturated carbocycles. The van der Waals surface area contributed by atoms with Gasteiger partial charge in [-0.15, -0.1) is 11.8 Å². The van der Waals surface area contributed by atoms with E-state index in [4.69, 9.17) is 4.42 Å². The standard InChI is InChI=1S/C20H19NO2S/c1-16(24-15-19-13-8-14-23-19)20(22)21(17-9-4-2-5-10-17)18-11-6-3-7-12-18/h2-14,16H,15H2,1H3. The van der Waals surface area contributed by atoms with Crippen molar-refractivity contribution in [2.24, 2.45) is 0 Å². The molecule has 0 aliphatic heterocycles. The van der Waals surface area contributed by atoms with Gasteiger partial charge in [0.25, 0.3) is 0 Å². The molecule has 0 saturated heterocycles. The zero-order valence-electron chi connectivity index (χ0n) is 13.5. The number of hydrogen-bond donors (Lipinski definition) is 0. The summed E-state index contributed by atoms with van der Waals surface area (Å²) in [5.41, 5.74) is 1.75. The highest BCUT2D eigenvalue weighted by atomic mass is 32.2. The van der Waals surface area contributed by atoms with E-state index in [0.29, 0.717) is 5.75 Å². The number of hydrogen-bond acceptors (Lipinski definition) is 3. The summed E-state index contributed by atoms with van der Waals surface area (Å²) in [7, 11) is 0. The van der Waals surface area contributed by atoms with E-state index < -0.39 is 0 Å². The minimum absolute atomic E-state index is 0.0592. The number of nitrogens with zero attached hydrogens (tertiary/aromatic N) is 1. The third-order valence-corrected chi connectivity index (χ3v) is 4.81. The molecule has 3 rings (SSSR count). The molecule has 0 fully saturated rings. The summed E-state index contributed by atoms with van der Waals surface area (Å²) in [6, 6.07) is 23.3. The average molecular weight is 337 g/mol. The van der Waals surface area contributed by atoms with Gasteiger partial charge in [-0.3, -0.25) is 9.69 Å². The molecule has 0 radical (unpaired) electrons. The molecular weight excluding hydrogens is 318 g/mol. The van der Waals surface area contributed by atoms with E-state index in [9.17, 15) is 4.79 Å². The Bertz CT molecular complexity index is 717. The Morgan fingerprint density at radius 1 is 0.958 bits per heavy atom. The van der Waals surface area contributed by atoms with Crippen LogP contribution in [0.25, 0.3) is 0 Å². The number of rotatable bonds is 6. The number of carbonyl (C=O) groups excluding carboxylic acids is 1. The van der Waals surface area contributed by atoms with Gasteiger partial charge in [-0.25, -0.2) is 0 Å². The molecule has 122 valence electrons. The first-order valence-corrected chi connectivity index (χ1v) is 8.88. The lowest BCUT2D eigenvalue weighted by Crippen LogP contribution is -2.32. The van der Waals surface area contributed by atoms with Gasteiger partial charge in [0.05, 0.1) is 17.3 Å². The second-order valence-corrected chi connectivity index (χ2v) is 6.71. The van der Waals surface area contributed by atoms with Crippen LogP contribution in [0.3, 0.4) is 0 Å². The van der Waals surface area contributed by atoms with Gasteiger partial charge in [-0.1, -0.05) is 36.4 Å². The number of anilines is 2. The van der Waals surface area contributed by atoms with Crippen molar-refractivity contribution in [2.45, 2.75) is 17.9 Å². The number of carbonyl (C=O) groups is 1. The smallest absolute Gasteiger partial charge is 0.244 e. The van der Waals surface area contributed by atoms with Crippen LogP contribution in [-0.2, 0) is 10.5 Å². The molecule has 4 heteroatoms. The first kappa shape index (κ1) is 16.4. The summed E-state index contributed by atoms with van der Waals surface area (Å²) in [6.45, 7) is 1.94. The molecule has 1 heterocycles. The van der Waals surface area contributed by atoms with Gasteiger partial charge < -0.3 is 4.42 Å². The third-order valence-electron chi connectivity index (χ3n) is 3.65.